The Labute approximate surface area is 79.5 Å². The smallest absolute Gasteiger partial charge is 0.0423 e. The van der Waals surface area contributed by atoms with Gasteiger partial charge in [0.15, 0.2) is 0 Å². The lowest BCUT2D eigenvalue weighted by Crippen LogP contribution is -2.11. The molecule has 1 rings (SSSR count). The van der Waals surface area contributed by atoms with Crippen LogP contribution in [0.5, 0.6) is 0 Å². The first kappa shape index (κ1) is 9.93. The molecule has 1 aromatic heterocycles. The minimum absolute atomic E-state index is 0.0330. The minimum atomic E-state index is 0.0330. The van der Waals surface area contributed by atoms with E-state index >= 15 is 0 Å². The van der Waals surface area contributed by atoms with Crippen molar-refractivity contribution in [3.8, 4) is 0 Å². The number of rotatable bonds is 3. The van der Waals surface area contributed by atoms with Crippen LogP contribution in [0.1, 0.15) is 29.4 Å². The van der Waals surface area contributed by atoms with Crippen LogP contribution >= 0.6 is 0 Å². The molecule has 1 atom stereocenters. The second-order valence-corrected chi connectivity index (χ2v) is 3.26. The fraction of sp³-hybridized carbons (Fsp3) is 0.364. The van der Waals surface area contributed by atoms with Gasteiger partial charge in [-0.2, -0.15) is 0 Å². The molecule has 1 aromatic rings. The highest BCUT2D eigenvalue weighted by molar-refractivity contribution is 5.25. The molecule has 0 amide bonds. The highest BCUT2D eigenvalue weighted by Gasteiger charge is 2.07. The highest BCUT2D eigenvalue weighted by Crippen LogP contribution is 2.17. The summed E-state index contributed by atoms with van der Waals surface area (Å²) in [4.78, 5) is 4.36. The van der Waals surface area contributed by atoms with E-state index < -0.39 is 0 Å². The van der Waals surface area contributed by atoms with Crippen molar-refractivity contribution < 1.29 is 0 Å². The van der Waals surface area contributed by atoms with Gasteiger partial charge in [0.25, 0.3) is 0 Å². The van der Waals surface area contributed by atoms with Crippen LogP contribution in [0.2, 0.25) is 0 Å². The number of pyridine rings is 1. The van der Waals surface area contributed by atoms with Crippen molar-refractivity contribution in [2.75, 3.05) is 0 Å². The van der Waals surface area contributed by atoms with E-state index in [2.05, 4.69) is 11.6 Å². The number of aryl methyl sites for hydroxylation is 2. The van der Waals surface area contributed by atoms with Crippen LogP contribution in [0.3, 0.4) is 0 Å². The summed E-state index contributed by atoms with van der Waals surface area (Å²) in [6, 6.07) is 4.07. The first-order chi connectivity index (χ1) is 6.15. The molecule has 1 heterocycles. The molecular formula is C11H16N2. The Bertz CT molecular complexity index is 305. The van der Waals surface area contributed by atoms with Crippen molar-refractivity contribution in [3.63, 3.8) is 0 Å². The number of aromatic nitrogens is 1. The lowest BCUT2D eigenvalue weighted by molar-refractivity contribution is 0.728. The van der Waals surface area contributed by atoms with E-state index in [4.69, 9.17) is 5.73 Å². The summed E-state index contributed by atoms with van der Waals surface area (Å²) in [6.07, 6.45) is 2.63. The normalized spacial score (nSPS) is 12.5. The molecule has 0 radical (unpaired) electrons. The summed E-state index contributed by atoms with van der Waals surface area (Å²) in [5, 5.41) is 0. The first-order valence-corrected chi connectivity index (χ1v) is 4.45. The van der Waals surface area contributed by atoms with Crippen LogP contribution in [0.15, 0.2) is 24.8 Å². The zero-order chi connectivity index (χ0) is 9.84. The molecule has 0 aliphatic carbocycles. The molecule has 0 spiro atoms. The Kier molecular flexibility index (Phi) is 3.20. The van der Waals surface area contributed by atoms with Crippen LogP contribution in [0.4, 0.5) is 0 Å². The fourth-order valence-corrected chi connectivity index (χ4v) is 1.40. The predicted molar refractivity (Wildman–Crippen MR) is 55.5 cm³/mol. The van der Waals surface area contributed by atoms with E-state index in [9.17, 15) is 0 Å². The second-order valence-electron chi connectivity index (χ2n) is 3.26. The largest absolute Gasteiger partial charge is 0.324 e. The molecule has 13 heavy (non-hydrogen) atoms. The average molecular weight is 176 g/mol. The van der Waals surface area contributed by atoms with Crippen LogP contribution in [-0.4, -0.2) is 4.98 Å². The number of hydrogen-bond acceptors (Lipinski definition) is 2. The molecule has 2 nitrogen and oxygen atoms in total. The SMILES string of the molecule is C=CC[C@@H](N)c1ccc(C)nc1C. The van der Waals surface area contributed by atoms with E-state index in [0.29, 0.717) is 0 Å². The lowest BCUT2D eigenvalue weighted by atomic mass is 10.0. The van der Waals surface area contributed by atoms with Gasteiger partial charge >= 0.3 is 0 Å². The fourth-order valence-electron chi connectivity index (χ4n) is 1.40. The monoisotopic (exact) mass is 176 g/mol. The summed E-state index contributed by atoms with van der Waals surface area (Å²) in [5.41, 5.74) is 9.12. The summed E-state index contributed by atoms with van der Waals surface area (Å²) in [6.45, 7) is 7.65. The lowest BCUT2D eigenvalue weighted by Gasteiger charge is -2.12. The van der Waals surface area contributed by atoms with Gasteiger partial charge in [0, 0.05) is 17.4 Å². The van der Waals surface area contributed by atoms with Gasteiger partial charge in [-0.3, -0.25) is 4.98 Å². The van der Waals surface area contributed by atoms with Gasteiger partial charge in [0.1, 0.15) is 0 Å². The molecule has 0 aliphatic rings. The third-order valence-electron chi connectivity index (χ3n) is 2.09. The molecule has 0 saturated heterocycles. The second kappa shape index (κ2) is 4.19. The van der Waals surface area contributed by atoms with Gasteiger partial charge in [-0.1, -0.05) is 12.1 Å². The van der Waals surface area contributed by atoms with E-state index in [1.807, 2.05) is 32.1 Å². The van der Waals surface area contributed by atoms with Crippen molar-refractivity contribution in [1.29, 1.82) is 0 Å². The van der Waals surface area contributed by atoms with Crippen LogP contribution < -0.4 is 5.73 Å². The molecule has 0 unspecified atom stereocenters. The molecule has 2 heteroatoms. The zero-order valence-corrected chi connectivity index (χ0v) is 8.25. The molecule has 0 bridgehead atoms. The standard InChI is InChI=1S/C11H16N2/c1-4-5-11(12)10-7-6-8(2)13-9(10)3/h4,6-7,11H,1,5,12H2,2-3H3/t11-/m1/s1. The van der Waals surface area contributed by atoms with E-state index in [1.54, 1.807) is 0 Å². The van der Waals surface area contributed by atoms with Gasteiger partial charge in [0.05, 0.1) is 0 Å². The van der Waals surface area contributed by atoms with E-state index in [1.165, 1.54) is 0 Å². The highest BCUT2D eigenvalue weighted by atomic mass is 14.7. The molecule has 0 aliphatic heterocycles. The van der Waals surface area contributed by atoms with Gasteiger partial charge in [-0.15, -0.1) is 6.58 Å². The van der Waals surface area contributed by atoms with Crippen molar-refractivity contribution in [1.82, 2.24) is 4.98 Å². The number of nitrogens with zero attached hydrogens (tertiary/aromatic N) is 1. The molecule has 0 saturated carbocycles. The van der Waals surface area contributed by atoms with Gasteiger partial charge in [-0.05, 0) is 31.9 Å². The van der Waals surface area contributed by atoms with Crippen molar-refractivity contribution in [3.05, 3.63) is 41.7 Å². The molecule has 70 valence electrons. The summed E-state index contributed by atoms with van der Waals surface area (Å²) >= 11 is 0. The Morgan fingerprint density at radius 3 is 2.77 bits per heavy atom. The Hall–Kier alpha value is -1.15. The van der Waals surface area contributed by atoms with Crippen LogP contribution in [-0.2, 0) is 0 Å². The van der Waals surface area contributed by atoms with Gasteiger partial charge in [-0.25, -0.2) is 0 Å². The number of nitrogens with two attached hydrogens (primary N) is 1. The average Bonchev–Trinajstić information content (AvgIpc) is 2.04. The van der Waals surface area contributed by atoms with Crippen LogP contribution in [0.25, 0.3) is 0 Å². The van der Waals surface area contributed by atoms with Crippen molar-refractivity contribution >= 4 is 0 Å². The maximum Gasteiger partial charge on any atom is 0.0423 e. The quantitative estimate of drug-likeness (QED) is 0.717. The molecular weight excluding hydrogens is 160 g/mol. The molecule has 0 fully saturated rings. The summed E-state index contributed by atoms with van der Waals surface area (Å²) in [5.74, 6) is 0. The minimum Gasteiger partial charge on any atom is -0.324 e. The maximum absolute atomic E-state index is 5.95. The Morgan fingerprint density at radius 1 is 1.54 bits per heavy atom. The number of hydrogen-bond donors (Lipinski definition) is 1. The van der Waals surface area contributed by atoms with Crippen molar-refractivity contribution in [2.45, 2.75) is 26.3 Å². The summed E-state index contributed by atoms with van der Waals surface area (Å²) in [7, 11) is 0. The predicted octanol–water partition coefficient (Wildman–Crippen LogP) is 2.27. The first-order valence-electron chi connectivity index (χ1n) is 4.45. The Morgan fingerprint density at radius 2 is 2.23 bits per heavy atom. The molecule has 0 aromatic carbocycles. The van der Waals surface area contributed by atoms with Crippen molar-refractivity contribution in [2.24, 2.45) is 5.73 Å². The van der Waals surface area contributed by atoms with Crippen LogP contribution in [0, 0.1) is 13.8 Å². The summed E-state index contributed by atoms with van der Waals surface area (Å²) < 4.78 is 0. The maximum atomic E-state index is 5.95. The third kappa shape index (κ3) is 2.39. The van der Waals surface area contributed by atoms with E-state index in [0.717, 1.165) is 23.4 Å². The van der Waals surface area contributed by atoms with E-state index in [-0.39, 0.29) is 6.04 Å². The zero-order valence-electron chi connectivity index (χ0n) is 8.25. The van der Waals surface area contributed by atoms with Gasteiger partial charge in [0.2, 0.25) is 0 Å². The van der Waals surface area contributed by atoms with Gasteiger partial charge < -0.3 is 5.73 Å². The third-order valence-corrected chi connectivity index (χ3v) is 2.09. The molecule has 2 N–H and O–H groups in total. The Balaban J connectivity index is 2.94. The topological polar surface area (TPSA) is 38.9 Å².